The number of nitrogens with one attached hydrogen (secondary N) is 1. The number of carbonyl (C=O) groups excluding carboxylic acids is 2. The van der Waals surface area contributed by atoms with Crippen LogP contribution in [0.2, 0.25) is 0 Å². The molecule has 0 radical (unpaired) electrons. The van der Waals surface area contributed by atoms with Crippen LogP contribution in [0.25, 0.3) is 6.08 Å². The van der Waals surface area contributed by atoms with Gasteiger partial charge >= 0.3 is 0 Å². The Labute approximate surface area is 225 Å². The van der Waals surface area contributed by atoms with Crippen LogP contribution in [0.4, 0.5) is 5.69 Å². The summed E-state index contributed by atoms with van der Waals surface area (Å²) in [6.45, 7) is 2.22. The van der Waals surface area contributed by atoms with Gasteiger partial charge in [-0.2, -0.15) is 0 Å². The largest absolute Gasteiger partial charge is 0.493 e. The molecule has 0 bridgehead atoms. The van der Waals surface area contributed by atoms with Crippen LogP contribution < -0.4 is 19.7 Å². The zero-order chi connectivity index (χ0) is 25.1. The molecule has 3 aromatic carbocycles. The SMILES string of the molecule is COc1cc(/C=C2\C(=O)NC(=S)N(c3ccc(Br)cc3C)C2=O)cc(Br)c1OCc1ccccc1. The van der Waals surface area contributed by atoms with Gasteiger partial charge in [0.1, 0.15) is 12.2 Å². The van der Waals surface area contributed by atoms with E-state index in [1.54, 1.807) is 18.2 Å². The standard InChI is InChI=1S/C26H20Br2N2O4S/c1-15-10-18(27)8-9-21(15)30-25(32)19(24(31)29-26(30)35)11-17-12-20(28)23(22(13-17)33-2)34-14-16-6-4-3-5-7-16/h3-13H,14H2,1-2H3,(H,29,31,35)/b19-11+. The van der Waals surface area contributed by atoms with Crippen LogP contribution in [0.3, 0.4) is 0 Å². The topological polar surface area (TPSA) is 67.9 Å². The molecule has 1 aliphatic heterocycles. The lowest BCUT2D eigenvalue weighted by Gasteiger charge is -2.30. The Morgan fingerprint density at radius 1 is 1.06 bits per heavy atom. The summed E-state index contributed by atoms with van der Waals surface area (Å²) in [5, 5.41) is 2.65. The van der Waals surface area contributed by atoms with Crippen molar-refractivity contribution in [3.8, 4) is 11.5 Å². The molecule has 0 aliphatic carbocycles. The summed E-state index contributed by atoms with van der Waals surface area (Å²) in [7, 11) is 1.53. The monoisotopic (exact) mass is 614 g/mol. The molecule has 1 aliphatic rings. The Hall–Kier alpha value is -3.01. The number of hydrogen-bond donors (Lipinski definition) is 1. The third kappa shape index (κ3) is 5.47. The second kappa shape index (κ2) is 10.7. The number of benzene rings is 3. The van der Waals surface area contributed by atoms with Crippen LogP contribution in [-0.4, -0.2) is 24.0 Å². The Morgan fingerprint density at radius 3 is 2.49 bits per heavy atom. The molecule has 0 aromatic heterocycles. The van der Waals surface area contributed by atoms with Gasteiger partial charge in [-0.1, -0.05) is 46.3 Å². The van der Waals surface area contributed by atoms with Gasteiger partial charge in [0.2, 0.25) is 0 Å². The van der Waals surface area contributed by atoms with E-state index < -0.39 is 11.8 Å². The van der Waals surface area contributed by atoms with Crippen LogP contribution in [0.15, 0.2) is 75.2 Å². The minimum absolute atomic E-state index is 0.0333. The van der Waals surface area contributed by atoms with E-state index in [-0.39, 0.29) is 10.7 Å². The predicted molar refractivity (Wildman–Crippen MR) is 147 cm³/mol. The molecular weight excluding hydrogens is 596 g/mol. The first-order chi connectivity index (χ1) is 16.8. The van der Waals surface area contributed by atoms with Gasteiger partial charge in [0.05, 0.1) is 17.3 Å². The third-order valence-corrected chi connectivity index (χ3v) is 6.66. The fourth-order valence-electron chi connectivity index (χ4n) is 3.61. The van der Waals surface area contributed by atoms with Crippen LogP contribution in [0.1, 0.15) is 16.7 Å². The van der Waals surface area contributed by atoms with E-state index in [0.29, 0.717) is 33.8 Å². The lowest BCUT2D eigenvalue weighted by Crippen LogP contribution is -2.54. The molecule has 0 unspecified atom stereocenters. The highest BCUT2D eigenvalue weighted by Gasteiger charge is 2.35. The summed E-state index contributed by atoms with van der Waals surface area (Å²) < 4.78 is 13.0. The quantitative estimate of drug-likeness (QED) is 0.211. The molecular formula is C26H20Br2N2O4S. The van der Waals surface area contributed by atoms with E-state index in [1.807, 2.05) is 49.4 Å². The Morgan fingerprint density at radius 2 is 1.80 bits per heavy atom. The number of amides is 2. The summed E-state index contributed by atoms with van der Waals surface area (Å²) in [5.41, 5.74) is 2.97. The van der Waals surface area contributed by atoms with Crippen LogP contribution in [0, 0.1) is 6.92 Å². The number of halogens is 2. The Balaban J connectivity index is 1.66. The number of anilines is 1. The fraction of sp³-hybridized carbons (Fsp3) is 0.115. The van der Waals surface area contributed by atoms with Gasteiger partial charge in [0.15, 0.2) is 16.6 Å². The van der Waals surface area contributed by atoms with Crippen molar-refractivity contribution in [2.24, 2.45) is 0 Å². The molecule has 2 amide bonds. The van der Waals surface area contributed by atoms with E-state index in [1.165, 1.54) is 18.1 Å². The van der Waals surface area contributed by atoms with Gasteiger partial charge in [-0.25, -0.2) is 0 Å². The molecule has 0 spiro atoms. The number of hydrogen-bond acceptors (Lipinski definition) is 5. The molecule has 4 rings (SSSR count). The number of nitrogens with zero attached hydrogens (tertiary/aromatic N) is 1. The average molecular weight is 616 g/mol. The molecule has 1 fully saturated rings. The highest BCUT2D eigenvalue weighted by atomic mass is 79.9. The average Bonchev–Trinajstić information content (AvgIpc) is 2.82. The van der Waals surface area contributed by atoms with Gasteiger partial charge in [-0.15, -0.1) is 0 Å². The van der Waals surface area contributed by atoms with Crippen LogP contribution in [-0.2, 0) is 16.2 Å². The van der Waals surface area contributed by atoms with Crippen molar-refractivity contribution in [3.05, 3.63) is 91.9 Å². The summed E-state index contributed by atoms with van der Waals surface area (Å²) in [6.07, 6.45) is 1.51. The van der Waals surface area contributed by atoms with Crippen molar-refractivity contribution in [1.82, 2.24) is 5.32 Å². The minimum Gasteiger partial charge on any atom is -0.493 e. The van der Waals surface area contributed by atoms with Crippen molar-refractivity contribution in [1.29, 1.82) is 0 Å². The minimum atomic E-state index is -0.564. The lowest BCUT2D eigenvalue weighted by molar-refractivity contribution is -0.122. The molecule has 1 N–H and O–H groups in total. The lowest BCUT2D eigenvalue weighted by atomic mass is 10.1. The molecule has 35 heavy (non-hydrogen) atoms. The molecule has 1 saturated heterocycles. The number of methoxy groups -OCH3 is 1. The number of rotatable bonds is 6. The van der Waals surface area contributed by atoms with Crippen molar-refractivity contribution in [2.45, 2.75) is 13.5 Å². The Kier molecular flexibility index (Phi) is 7.69. The predicted octanol–water partition coefficient (Wildman–Crippen LogP) is 5.94. The maximum absolute atomic E-state index is 13.4. The third-order valence-electron chi connectivity index (χ3n) is 5.29. The summed E-state index contributed by atoms with van der Waals surface area (Å²) in [4.78, 5) is 27.4. The van der Waals surface area contributed by atoms with Crippen molar-refractivity contribution < 1.29 is 19.1 Å². The molecule has 0 saturated carbocycles. The first-order valence-electron chi connectivity index (χ1n) is 10.5. The van der Waals surface area contributed by atoms with E-state index in [2.05, 4.69) is 37.2 Å². The second-order valence-electron chi connectivity index (χ2n) is 7.70. The van der Waals surface area contributed by atoms with Gasteiger partial charge in [-0.05, 0) is 88.2 Å². The zero-order valence-corrected chi connectivity index (χ0v) is 22.8. The molecule has 6 nitrogen and oxygen atoms in total. The zero-order valence-electron chi connectivity index (χ0n) is 18.8. The summed E-state index contributed by atoms with van der Waals surface area (Å²) in [6, 6.07) is 18.7. The maximum Gasteiger partial charge on any atom is 0.270 e. The number of ether oxygens (including phenoxy) is 2. The molecule has 3 aromatic rings. The first kappa shape index (κ1) is 25.1. The highest BCUT2D eigenvalue weighted by Crippen LogP contribution is 2.38. The van der Waals surface area contributed by atoms with Crippen molar-refractivity contribution in [2.75, 3.05) is 12.0 Å². The molecule has 1 heterocycles. The smallest absolute Gasteiger partial charge is 0.270 e. The van der Waals surface area contributed by atoms with Crippen LogP contribution in [0.5, 0.6) is 11.5 Å². The van der Waals surface area contributed by atoms with E-state index in [9.17, 15) is 9.59 Å². The normalized spacial score (nSPS) is 14.8. The van der Waals surface area contributed by atoms with E-state index in [4.69, 9.17) is 21.7 Å². The van der Waals surface area contributed by atoms with Gasteiger partial charge in [0.25, 0.3) is 11.8 Å². The molecule has 0 atom stereocenters. The Bertz CT molecular complexity index is 1360. The van der Waals surface area contributed by atoms with Crippen LogP contribution >= 0.6 is 44.1 Å². The van der Waals surface area contributed by atoms with Crippen molar-refractivity contribution >= 4 is 72.8 Å². The summed E-state index contributed by atoms with van der Waals surface area (Å²) >= 11 is 12.3. The van der Waals surface area contributed by atoms with Gasteiger partial charge < -0.3 is 9.47 Å². The second-order valence-corrected chi connectivity index (χ2v) is 9.85. The maximum atomic E-state index is 13.4. The van der Waals surface area contributed by atoms with E-state index >= 15 is 0 Å². The summed E-state index contributed by atoms with van der Waals surface area (Å²) in [5.74, 6) is -0.0951. The van der Waals surface area contributed by atoms with Gasteiger partial charge in [0, 0.05) is 4.47 Å². The number of thiocarbonyl (C=S) groups is 1. The molecule has 9 heteroatoms. The first-order valence-corrected chi connectivity index (χ1v) is 12.5. The number of aryl methyl sites for hydroxylation is 1. The number of carbonyl (C=O) groups is 2. The highest BCUT2D eigenvalue weighted by molar-refractivity contribution is 9.10. The van der Waals surface area contributed by atoms with E-state index in [0.717, 1.165) is 15.6 Å². The van der Waals surface area contributed by atoms with Crippen molar-refractivity contribution in [3.63, 3.8) is 0 Å². The molecule has 178 valence electrons. The fourth-order valence-corrected chi connectivity index (χ4v) is 4.93. The van der Waals surface area contributed by atoms with Gasteiger partial charge in [-0.3, -0.25) is 19.8 Å².